The molecule has 0 saturated carbocycles. The molecular formula is C13H13BrN2O3S. The van der Waals surface area contributed by atoms with E-state index in [0.29, 0.717) is 5.69 Å². The number of sulfonamides is 1. The molecule has 7 heteroatoms. The minimum absolute atomic E-state index is 0.0335. The van der Waals surface area contributed by atoms with Gasteiger partial charge in [0.25, 0.3) is 0 Å². The Hall–Kier alpha value is -1.57. The minimum Gasteiger partial charge on any atom is -0.487 e. The molecule has 0 spiro atoms. The van der Waals surface area contributed by atoms with E-state index >= 15 is 0 Å². The van der Waals surface area contributed by atoms with Crippen molar-refractivity contribution in [2.24, 2.45) is 5.14 Å². The zero-order valence-corrected chi connectivity index (χ0v) is 12.8. The van der Waals surface area contributed by atoms with Crippen LogP contribution in [0.3, 0.4) is 0 Å². The van der Waals surface area contributed by atoms with Crippen molar-refractivity contribution < 1.29 is 13.2 Å². The SMILES string of the molecule is Nc1ccc(S(N)(=O)=O)cc1OCc1ccccc1Br. The van der Waals surface area contributed by atoms with Crippen molar-refractivity contribution >= 4 is 31.6 Å². The summed E-state index contributed by atoms with van der Waals surface area (Å²) in [5.74, 6) is 0.285. The largest absolute Gasteiger partial charge is 0.487 e. The summed E-state index contributed by atoms with van der Waals surface area (Å²) in [6, 6.07) is 11.7. The van der Waals surface area contributed by atoms with Gasteiger partial charge in [-0.15, -0.1) is 0 Å². The highest BCUT2D eigenvalue weighted by molar-refractivity contribution is 9.10. The van der Waals surface area contributed by atoms with Crippen LogP contribution in [-0.2, 0) is 16.6 Å². The van der Waals surface area contributed by atoms with Crippen LogP contribution in [0.15, 0.2) is 51.8 Å². The average molecular weight is 357 g/mol. The molecule has 0 bridgehead atoms. The Kier molecular flexibility index (Phi) is 4.32. The van der Waals surface area contributed by atoms with Gasteiger partial charge in [-0.05, 0) is 18.2 Å². The molecule has 0 unspecified atom stereocenters. The highest BCUT2D eigenvalue weighted by Gasteiger charge is 2.11. The first-order valence-corrected chi connectivity index (χ1v) is 8.00. The van der Waals surface area contributed by atoms with E-state index in [0.717, 1.165) is 10.0 Å². The summed E-state index contributed by atoms with van der Waals surface area (Å²) in [4.78, 5) is -0.0335. The fourth-order valence-electron chi connectivity index (χ4n) is 1.59. The van der Waals surface area contributed by atoms with Crippen LogP contribution in [0.4, 0.5) is 5.69 Å². The van der Waals surface area contributed by atoms with E-state index < -0.39 is 10.0 Å². The zero-order chi connectivity index (χ0) is 14.8. The van der Waals surface area contributed by atoms with Crippen molar-refractivity contribution in [3.63, 3.8) is 0 Å². The third kappa shape index (κ3) is 3.50. The van der Waals surface area contributed by atoms with Gasteiger partial charge in [-0.1, -0.05) is 34.1 Å². The molecule has 0 aliphatic carbocycles. The molecule has 106 valence electrons. The van der Waals surface area contributed by atoms with E-state index in [2.05, 4.69) is 15.9 Å². The normalized spacial score (nSPS) is 11.3. The summed E-state index contributed by atoms with van der Waals surface area (Å²) in [5.41, 5.74) is 7.04. The number of hydrogen-bond donors (Lipinski definition) is 2. The lowest BCUT2D eigenvalue weighted by Gasteiger charge is -2.11. The standard InChI is InChI=1S/C13H13BrN2O3S/c14-11-4-2-1-3-9(11)8-19-13-7-10(20(16,17)18)5-6-12(13)15/h1-7H,8,15H2,(H2,16,17,18). The number of hydrogen-bond acceptors (Lipinski definition) is 4. The second-order valence-electron chi connectivity index (χ2n) is 4.12. The van der Waals surface area contributed by atoms with Gasteiger partial charge >= 0.3 is 0 Å². The van der Waals surface area contributed by atoms with Crippen molar-refractivity contribution in [3.05, 3.63) is 52.5 Å². The molecule has 2 aromatic rings. The van der Waals surface area contributed by atoms with Gasteiger partial charge in [-0.25, -0.2) is 13.6 Å². The molecule has 0 radical (unpaired) electrons. The first kappa shape index (κ1) is 14.8. The molecule has 20 heavy (non-hydrogen) atoms. The highest BCUT2D eigenvalue weighted by atomic mass is 79.9. The van der Waals surface area contributed by atoms with Crippen molar-refractivity contribution in [2.75, 3.05) is 5.73 Å². The number of nitrogen functional groups attached to an aromatic ring is 1. The Balaban J connectivity index is 2.24. The van der Waals surface area contributed by atoms with Gasteiger partial charge in [-0.2, -0.15) is 0 Å². The van der Waals surface area contributed by atoms with Gasteiger partial charge in [0.1, 0.15) is 12.4 Å². The predicted octanol–water partition coefficient (Wildman–Crippen LogP) is 2.26. The topological polar surface area (TPSA) is 95.4 Å². The van der Waals surface area contributed by atoms with Gasteiger partial charge in [-0.3, -0.25) is 0 Å². The third-order valence-corrected chi connectivity index (χ3v) is 4.34. The summed E-state index contributed by atoms with van der Waals surface area (Å²) in [7, 11) is -3.78. The number of rotatable bonds is 4. The van der Waals surface area contributed by atoms with Crippen LogP contribution >= 0.6 is 15.9 Å². The van der Waals surface area contributed by atoms with Crippen molar-refractivity contribution in [1.29, 1.82) is 0 Å². The third-order valence-electron chi connectivity index (χ3n) is 2.65. The number of halogens is 1. The maximum Gasteiger partial charge on any atom is 0.238 e. The molecule has 2 aromatic carbocycles. The Labute approximate surface area is 125 Å². The Morgan fingerprint density at radius 3 is 2.50 bits per heavy atom. The van der Waals surface area contributed by atoms with Crippen LogP contribution in [0.1, 0.15) is 5.56 Å². The van der Waals surface area contributed by atoms with Crippen LogP contribution in [0.2, 0.25) is 0 Å². The predicted molar refractivity (Wildman–Crippen MR) is 80.7 cm³/mol. The number of primary sulfonamides is 1. The van der Waals surface area contributed by atoms with Gasteiger partial charge in [0.2, 0.25) is 10.0 Å². The average Bonchev–Trinajstić information content (AvgIpc) is 2.38. The summed E-state index contributed by atoms with van der Waals surface area (Å²) in [5, 5.41) is 5.08. The maximum atomic E-state index is 11.3. The van der Waals surface area contributed by atoms with E-state index in [1.165, 1.54) is 18.2 Å². The molecule has 4 N–H and O–H groups in total. The van der Waals surface area contributed by atoms with Crippen molar-refractivity contribution in [3.8, 4) is 5.75 Å². The molecule has 0 fully saturated rings. The van der Waals surface area contributed by atoms with E-state index in [9.17, 15) is 8.42 Å². The fourth-order valence-corrected chi connectivity index (χ4v) is 2.52. The second kappa shape index (κ2) is 5.82. The number of anilines is 1. The summed E-state index contributed by atoms with van der Waals surface area (Å²) >= 11 is 3.41. The maximum absolute atomic E-state index is 11.3. The molecule has 0 aliphatic rings. The van der Waals surface area contributed by atoms with E-state index in [1.54, 1.807) is 0 Å². The van der Waals surface area contributed by atoms with Crippen molar-refractivity contribution in [1.82, 2.24) is 0 Å². The van der Waals surface area contributed by atoms with Crippen LogP contribution in [-0.4, -0.2) is 8.42 Å². The molecule has 0 aromatic heterocycles. The molecule has 0 atom stereocenters. The number of nitrogens with two attached hydrogens (primary N) is 2. The molecule has 0 saturated heterocycles. The lowest BCUT2D eigenvalue weighted by molar-refractivity contribution is 0.306. The molecule has 0 aliphatic heterocycles. The molecule has 0 heterocycles. The Bertz CT molecular complexity index is 732. The zero-order valence-electron chi connectivity index (χ0n) is 10.4. The van der Waals surface area contributed by atoms with Crippen molar-refractivity contribution in [2.45, 2.75) is 11.5 Å². The van der Waals surface area contributed by atoms with Gasteiger partial charge in [0, 0.05) is 16.1 Å². The quantitative estimate of drug-likeness (QED) is 0.821. The van der Waals surface area contributed by atoms with E-state index in [1.807, 2.05) is 24.3 Å². The summed E-state index contributed by atoms with van der Waals surface area (Å²) in [6.45, 7) is 0.264. The van der Waals surface area contributed by atoms with Gasteiger partial charge in [0.15, 0.2) is 0 Å². The smallest absolute Gasteiger partial charge is 0.238 e. The monoisotopic (exact) mass is 356 g/mol. The lowest BCUT2D eigenvalue weighted by atomic mass is 10.2. The Morgan fingerprint density at radius 1 is 1.15 bits per heavy atom. The molecule has 2 rings (SSSR count). The number of benzene rings is 2. The van der Waals surface area contributed by atoms with Crippen LogP contribution in [0.5, 0.6) is 5.75 Å². The van der Waals surface area contributed by atoms with Crippen LogP contribution < -0.4 is 15.6 Å². The molecule has 0 amide bonds. The second-order valence-corrected chi connectivity index (χ2v) is 6.54. The molecular weight excluding hydrogens is 344 g/mol. The first-order valence-electron chi connectivity index (χ1n) is 5.66. The lowest BCUT2D eigenvalue weighted by Crippen LogP contribution is -2.12. The van der Waals surface area contributed by atoms with Gasteiger partial charge < -0.3 is 10.5 Å². The summed E-state index contributed by atoms with van der Waals surface area (Å²) in [6.07, 6.45) is 0. The molecule has 5 nitrogen and oxygen atoms in total. The van der Waals surface area contributed by atoms with E-state index in [-0.39, 0.29) is 17.3 Å². The number of ether oxygens (including phenoxy) is 1. The minimum atomic E-state index is -3.78. The first-order chi connectivity index (χ1) is 9.38. The highest BCUT2D eigenvalue weighted by Crippen LogP contribution is 2.26. The fraction of sp³-hybridized carbons (Fsp3) is 0.0769. The van der Waals surface area contributed by atoms with Gasteiger partial charge in [0.05, 0.1) is 10.6 Å². The van der Waals surface area contributed by atoms with E-state index in [4.69, 9.17) is 15.6 Å². The van der Waals surface area contributed by atoms with Crippen LogP contribution in [0.25, 0.3) is 0 Å². The Morgan fingerprint density at radius 2 is 1.85 bits per heavy atom. The van der Waals surface area contributed by atoms with Crippen LogP contribution in [0, 0.1) is 0 Å². The summed E-state index contributed by atoms with van der Waals surface area (Å²) < 4.78 is 29.1.